The molecule has 0 saturated heterocycles. The van der Waals surface area contributed by atoms with Crippen LogP contribution in [0.2, 0.25) is 5.02 Å². The van der Waals surface area contributed by atoms with Crippen molar-refractivity contribution in [3.8, 4) is 5.75 Å². The van der Waals surface area contributed by atoms with Crippen molar-refractivity contribution >= 4 is 17.6 Å². The summed E-state index contributed by atoms with van der Waals surface area (Å²) < 4.78 is 5.30. The smallest absolute Gasteiger partial charge is 0.186 e. The number of carboxylic acid groups (broad SMARTS) is 1. The average molecular weight is 244 g/mol. The highest BCUT2D eigenvalue weighted by molar-refractivity contribution is 6.30. The molecule has 0 heterocycles. The van der Waals surface area contributed by atoms with Crippen LogP contribution in [0.5, 0.6) is 5.75 Å². The molecule has 4 nitrogen and oxygen atoms in total. The number of carbonyl (C=O) groups excluding carboxylic acids is 1. The van der Waals surface area contributed by atoms with Gasteiger partial charge in [-0.1, -0.05) is 11.6 Å². The normalized spacial score (nSPS) is 12.5. The van der Waals surface area contributed by atoms with Gasteiger partial charge in [0, 0.05) is 5.02 Å². The molecule has 5 heteroatoms. The first-order valence-electron chi connectivity index (χ1n) is 4.91. The first-order valence-corrected chi connectivity index (χ1v) is 5.29. The van der Waals surface area contributed by atoms with Crippen LogP contribution in [0.25, 0.3) is 0 Å². The van der Waals surface area contributed by atoms with Gasteiger partial charge in [-0.05, 0) is 24.3 Å². The molecule has 1 N–H and O–H groups in total. The molecule has 0 aliphatic rings. The number of hydrogen-bond donors (Lipinski definition) is 1. The van der Waals surface area contributed by atoms with Gasteiger partial charge in [0.05, 0.1) is 20.1 Å². The Morgan fingerprint density at radius 1 is 1.44 bits per heavy atom. The number of hydrogen-bond acceptors (Lipinski definition) is 3. The summed E-state index contributed by atoms with van der Waals surface area (Å²) in [6, 6.07) is 6.55. The quantitative estimate of drug-likeness (QED) is 0.721. The molecule has 0 bridgehead atoms. The van der Waals surface area contributed by atoms with Gasteiger partial charge in [-0.15, -0.1) is 0 Å². The molecule has 1 rings (SSSR count). The lowest BCUT2D eigenvalue weighted by molar-refractivity contribution is -0.860. The third kappa shape index (κ3) is 4.08. The van der Waals surface area contributed by atoms with E-state index in [9.17, 15) is 9.90 Å². The fourth-order valence-electron chi connectivity index (χ4n) is 1.22. The molecule has 0 spiro atoms. The lowest BCUT2D eigenvalue weighted by atomic mass is 10.3. The van der Waals surface area contributed by atoms with E-state index in [-0.39, 0.29) is 0 Å². The van der Waals surface area contributed by atoms with Gasteiger partial charge in [-0.3, -0.25) is 0 Å². The van der Waals surface area contributed by atoms with E-state index in [2.05, 4.69) is 0 Å². The van der Waals surface area contributed by atoms with Gasteiger partial charge in [-0.2, -0.15) is 0 Å². The van der Waals surface area contributed by atoms with Crippen LogP contribution in [-0.2, 0) is 4.79 Å². The van der Waals surface area contributed by atoms with Crippen LogP contribution >= 0.6 is 11.6 Å². The minimum Gasteiger partial charge on any atom is -0.546 e. The summed E-state index contributed by atoms with van der Waals surface area (Å²) in [4.78, 5) is 11.8. The molecule has 0 amide bonds. The minimum absolute atomic E-state index is 0.338. The monoisotopic (exact) mass is 243 g/mol. The summed E-state index contributed by atoms with van der Waals surface area (Å²) in [5.74, 6) is -0.740. The Morgan fingerprint density at radius 2 is 2.00 bits per heavy atom. The molecule has 1 atom stereocenters. The van der Waals surface area contributed by atoms with Gasteiger partial charge in [0.25, 0.3) is 0 Å². The first kappa shape index (κ1) is 12.8. The molecule has 16 heavy (non-hydrogen) atoms. The molecule has 0 saturated carbocycles. The van der Waals surface area contributed by atoms with E-state index >= 15 is 0 Å². The van der Waals surface area contributed by atoms with Gasteiger partial charge in [0.1, 0.15) is 12.3 Å². The van der Waals surface area contributed by atoms with Crippen molar-refractivity contribution in [3.05, 3.63) is 29.3 Å². The minimum atomic E-state index is -1.21. The van der Waals surface area contributed by atoms with Gasteiger partial charge in [0.2, 0.25) is 0 Å². The van der Waals surface area contributed by atoms with Crippen molar-refractivity contribution in [2.75, 3.05) is 20.6 Å². The zero-order valence-electron chi connectivity index (χ0n) is 9.20. The maximum absolute atomic E-state index is 10.8. The maximum atomic E-state index is 10.8. The molecule has 0 aliphatic heterocycles. The lowest BCUT2D eigenvalue weighted by Gasteiger charge is -2.21. The topological polar surface area (TPSA) is 53.8 Å². The number of quaternary nitrogens is 1. The van der Waals surface area contributed by atoms with E-state index in [1.165, 1.54) is 0 Å². The van der Waals surface area contributed by atoms with Gasteiger partial charge in [-0.25, -0.2) is 0 Å². The molecular weight excluding hydrogens is 230 g/mol. The average Bonchev–Trinajstić information content (AvgIpc) is 2.19. The Bertz CT molecular complexity index is 351. The van der Waals surface area contributed by atoms with E-state index < -0.39 is 12.1 Å². The summed E-state index contributed by atoms with van der Waals surface area (Å²) >= 11 is 5.71. The number of carboxylic acids is 1. The van der Waals surface area contributed by atoms with E-state index in [1.807, 2.05) is 14.1 Å². The summed E-state index contributed by atoms with van der Waals surface area (Å²) in [5, 5.41) is 11.4. The van der Waals surface area contributed by atoms with Crippen LogP contribution in [0, 0.1) is 0 Å². The number of halogens is 1. The number of carbonyl (C=O) groups is 1. The van der Waals surface area contributed by atoms with Crippen LogP contribution < -0.4 is 14.7 Å². The van der Waals surface area contributed by atoms with Crippen molar-refractivity contribution in [2.24, 2.45) is 0 Å². The second-order valence-corrected chi connectivity index (χ2v) is 4.23. The zero-order chi connectivity index (χ0) is 12.1. The van der Waals surface area contributed by atoms with Gasteiger partial charge in [0.15, 0.2) is 6.10 Å². The Kier molecular flexibility index (Phi) is 4.58. The summed E-state index contributed by atoms with van der Waals surface area (Å²) in [7, 11) is 3.70. The van der Waals surface area contributed by atoms with Crippen molar-refractivity contribution in [1.29, 1.82) is 0 Å². The summed E-state index contributed by atoms with van der Waals surface area (Å²) in [6.45, 7) is 0.338. The third-order valence-electron chi connectivity index (χ3n) is 1.95. The molecule has 0 aromatic heterocycles. The standard InChI is InChI=1S/C11H14ClNO3/c1-13(2)7-10(11(14)15)16-9-5-3-8(12)4-6-9/h3-6,10H,7H2,1-2H3,(H,14,15)/t10-/m1/s1. The molecule has 1 aromatic rings. The Labute approximate surface area is 99.4 Å². The molecule has 0 fully saturated rings. The Hall–Kier alpha value is -1.26. The molecule has 0 radical (unpaired) electrons. The fourth-order valence-corrected chi connectivity index (χ4v) is 1.35. The van der Waals surface area contributed by atoms with E-state index in [4.69, 9.17) is 16.3 Å². The van der Waals surface area contributed by atoms with Crippen LogP contribution in [0.1, 0.15) is 0 Å². The Morgan fingerprint density at radius 3 is 2.44 bits per heavy atom. The van der Waals surface area contributed by atoms with Crippen molar-refractivity contribution < 1.29 is 19.5 Å². The van der Waals surface area contributed by atoms with Crippen LogP contribution in [0.15, 0.2) is 24.3 Å². The predicted octanol–water partition coefficient (Wildman–Crippen LogP) is -1.02. The number of aliphatic carboxylic acids is 1. The van der Waals surface area contributed by atoms with E-state index in [0.29, 0.717) is 17.3 Å². The highest BCUT2D eigenvalue weighted by Crippen LogP contribution is 2.16. The summed E-state index contributed by atoms with van der Waals surface area (Å²) in [6.07, 6.45) is -0.953. The van der Waals surface area contributed by atoms with E-state index in [1.54, 1.807) is 24.3 Å². The predicted molar refractivity (Wildman–Crippen MR) is 58.6 cm³/mol. The SMILES string of the molecule is C[NH+](C)C[C@@H](Oc1ccc(Cl)cc1)C(=O)[O-]. The fraction of sp³-hybridized carbons (Fsp3) is 0.364. The summed E-state index contributed by atoms with van der Waals surface area (Å²) in [5.41, 5.74) is 0. The number of ether oxygens (including phenoxy) is 1. The van der Waals surface area contributed by atoms with Gasteiger partial charge < -0.3 is 19.5 Å². The van der Waals surface area contributed by atoms with E-state index in [0.717, 1.165) is 4.90 Å². The number of benzene rings is 1. The second kappa shape index (κ2) is 5.72. The first-order chi connectivity index (χ1) is 7.49. The third-order valence-corrected chi connectivity index (χ3v) is 2.20. The molecule has 0 aliphatic carbocycles. The van der Waals surface area contributed by atoms with Crippen LogP contribution in [-0.4, -0.2) is 32.7 Å². The zero-order valence-corrected chi connectivity index (χ0v) is 9.95. The van der Waals surface area contributed by atoms with Crippen molar-refractivity contribution in [3.63, 3.8) is 0 Å². The number of rotatable bonds is 5. The highest BCUT2D eigenvalue weighted by Gasteiger charge is 2.15. The largest absolute Gasteiger partial charge is 0.546 e. The lowest BCUT2D eigenvalue weighted by Crippen LogP contribution is -3.07. The maximum Gasteiger partial charge on any atom is 0.186 e. The van der Waals surface area contributed by atoms with Crippen LogP contribution in [0.4, 0.5) is 0 Å². The highest BCUT2D eigenvalue weighted by atomic mass is 35.5. The number of likely N-dealkylation sites (N-methyl/N-ethyl adjacent to an activating group) is 1. The molecule has 0 unspecified atom stereocenters. The molecule has 88 valence electrons. The number of nitrogens with one attached hydrogen (secondary N) is 1. The van der Waals surface area contributed by atoms with Crippen molar-refractivity contribution in [1.82, 2.24) is 0 Å². The molecule has 1 aromatic carbocycles. The Balaban J connectivity index is 2.68. The molecular formula is C11H14ClNO3. The van der Waals surface area contributed by atoms with Crippen molar-refractivity contribution in [2.45, 2.75) is 6.10 Å². The second-order valence-electron chi connectivity index (χ2n) is 3.79. The van der Waals surface area contributed by atoms with Crippen LogP contribution in [0.3, 0.4) is 0 Å². The van der Waals surface area contributed by atoms with Gasteiger partial charge >= 0.3 is 0 Å².